The van der Waals surface area contributed by atoms with Crippen LogP contribution in [0.25, 0.3) is 0 Å². The molecule has 0 radical (unpaired) electrons. The maximum absolute atomic E-state index is 11.7. The molecule has 28 heavy (non-hydrogen) atoms. The van der Waals surface area contributed by atoms with Crippen LogP contribution >= 0.6 is 0 Å². The molecule has 4 aliphatic rings. The molecule has 3 aliphatic carbocycles. The van der Waals surface area contributed by atoms with E-state index in [0.717, 1.165) is 43.1 Å². The predicted molar refractivity (Wildman–Crippen MR) is 111 cm³/mol. The van der Waals surface area contributed by atoms with E-state index >= 15 is 0 Å². The van der Waals surface area contributed by atoms with Crippen molar-refractivity contribution in [1.29, 1.82) is 0 Å². The Morgan fingerprint density at radius 2 is 2.04 bits per heavy atom. The van der Waals surface area contributed by atoms with Crippen LogP contribution < -0.4 is 0 Å². The molecule has 1 fully saturated rings. The summed E-state index contributed by atoms with van der Waals surface area (Å²) in [7, 11) is 0. The van der Waals surface area contributed by atoms with E-state index in [-0.39, 0.29) is 11.4 Å². The first kappa shape index (κ1) is 19.7. The van der Waals surface area contributed by atoms with Crippen molar-refractivity contribution in [1.82, 2.24) is 0 Å². The van der Waals surface area contributed by atoms with Gasteiger partial charge in [-0.05, 0) is 91.6 Å². The zero-order valence-electron chi connectivity index (χ0n) is 17.8. The number of fused-ring (bicyclic) bond motifs is 1. The number of rotatable bonds is 5. The molecule has 3 nitrogen and oxygen atoms in total. The molecule has 0 bridgehead atoms. The second kappa shape index (κ2) is 7.00. The van der Waals surface area contributed by atoms with Crippen molar-refractivity contribution in [3.05, 3.63) is 34.4 Å². The molecule has 3 heteroatoms. The molecule has 152 valence electrons. The van der Waals surface area contributed by atoms with Crippen molar-refractivity contribution in [3.63, 3.8) is 0 Å². The van der Waals surface area contributed by atoms with E-state index in [1.807, 2.05) is 0 Å². The van der Waals surface area contributed by atoms with Gasteiger partial charge in [0.05, 0.1) is 0 Å². The molecule has 0 spiro atoms. The Balaban J connectivity index is 1.61. The number of hydrogen-bond donors (Lipinski definition) is 0. The molecule has 1 saturated carbocycles. The van der Waals surface area contributed by atoms with Crippen molar-refractivity contribution < 1.29 is 14.3 Å². The van der Waals surface area contributed by atoms with E-state index in [1.165, 1.54) is 19.3 Å². The fraction of sp³-hybridized carbons (Fsp3) is 0.680. The van der Waals surface area contributed by atoms with Crippen LogP contribution in [-0.2, 0) is 14.3 Å². The van der Waals surface area contributed by atoms with Gasteiger partial charge < -0.3 is 4.74 Å². The maximum Gasteiger partial charge on any atom is 0.331 e. The second-order valence-electron chi connectivity index (χ2n) is 10.4. The molecule has 0 aromatic heterocycles. The van der Waals surface area contributed by atoms with E-state index < -0.39 is 0 Å². The number of ether oxygens (including phenoxy) is 1. The first-order chi connectivity index (χ1) is 13.3. The molecule has 0 aromatic rings. The van der Waals surface area contributed by atoms with E-state index in [2.05, 4.69) is 33.8 Å². The Bertz CT molecular complexity index is 782. The highest BCUT2D eigenvalue weighted by Gasteiger charge is 2.59. The van der Waals surface area contributed by atoms with Crippen LogP contribution in [0.4, 0.5) is 0 Å². The average Bonchev–Trinajstić information content (AvgIpc) is 3.05. The summed E-state index contributed by atoms with van der Waals surface area (Å²) in [5.41, 5.74) is 5.82. The van der Waals surface area contributed by atoms with Gasteiger partial charge in [0.1, 0.15) is 12.9 Å². The number of allylic oxidation sites excluding steroid dienone is 4. The Kier molecular flexibility index (Phi) is 4.92. The molecule has 1 heterocycles. The molecule has 0 amide bonds. The highest BCUT2D eigenvalue weighted by Crippen LogP contribution is 2.65. The topological polar surface area (TPSA) is 43.4 Å². The Hall–Kier alpha value is -1.64. The standard InChI is InChI=1S/C25H34O3/c1-16-6-5-10-24(2,3)20(16)9-11-25(4)21-8-7-17(14-26)12-19(21)23(25)18-13-22(27)28-15-18/h12-14,19,21,23H,5-11,15H2,1-4H3/t19-,21+,23+,25-/m1/s1. The number of carbonyl (C=O) groups excluding carboxylic acids is 2. The molecule has 1 aliphatic heterocycles. The van der Waals surface area contributed by atoms with Crippen molar-refractivity contribution >= 4 is 12.3 Å². The molecule has 0 aromatic carbocycles. The number of aldehydes is 1. The monoisotopic (exact) mass is 382 g/mol. The Morgan fingerprint density at radius 3 is 2.68 bits per heavy atom. The quantitative estimate of drug-likeness (QED) is 0.355. The molecule has 0 saturated heterocycles. The van der Waals surface area contributed by atoms with Gasteiger partial charge in [-0.2, -0.15) is 0 Å². The summed E-state index contributed by atoms with van der Waals surface area (Å²) in [6.07, 6.45) is 13.1. The molecule has 0 N–H and O–H groups in total. The van der Waals surface area contributed by atoms with Gasteiger partial charge in [-0.15, -0.1) is 0 Å². The van der Waals surface area contributed by atoms with Crippen LogP contribution in [-0.4, -0.2) is 18.9 Å². The van der Waals surface area contributed by atoms with Gasteiger partial charge in [-0.1, -0.05) is 38.0 Å². The Labute approximate surface area is 169 Å². The zero-order valence-corrected chi connectivity index (χ0v) is 17.8. The Morgan fingerprint density at radius 1 is 1.25 bits per heavy atom. The van der Waals surface area contributed by atoms with Crippen molar-refractivity contribution in [2.45, 2.75) is 72.6 Å². The lowest BCUT2D eigenvalue weighted by Gasteiger charge is -2.62. The largest absolute Gasteiger partial charge is 0.458 e. The van der Waals surface area contributed by atoms with Crippen molar-refractivity contribution in [2.24, 2.45) is 28.6 Å². The lowest BCUT2D eigenvalue weighted by atomic mass is 9.42. The fourth-order valence-electron chi connectivity index (χ4n) is 6.91. The van der Waals surface area contributed by atoms with Gasteiger partial charge in [0.25, 0.3) is 0 Å². The van der Waals surface area contributed by atoms with Crippen LogP contribution in [0.5, 0.6) is 0 Å². The average molecular weight is 383 g/mol. The minimum atomic E-state index is -0.205. The highest BCUT2D eigenvalue weighted by molar-refractivity contribution is 5.85. The summed E-state index contributed by atoms with van der Waals surface area (Å²) in [5.74, 6) is 1.11. The third-order valence-corrected chi connectivity index (χ3v) is 8.39. The second-order valence-corrected chi connectivity index (χ2v) is 10.4. The van der Waals surface area contributed by atoms with Crippen LogP contribution in [0.15, 0.2) is 34.4 Å². The summed E-state index contributed by atoms with van der Waals surface area (Å²) in [4.78, 5) is 23.1. The smallest absolute Gasteiger partial charge is 0.331 e. The normalized spacial score (nSPS) is 36.9. The minimum absolute atomic E-state index is 0.177. The number of esters is 1. The third-order valence-electron chi connectivity index (χ3n) is 8.39. The first-order valence-corrected chi connectivity index (χ1v) is 11.0. The van der Waals surface area contributed by atoms with Gasteiger partial charge >= 0.3 is 5.97 Å². The lowest BCUT2D eigenvalue weighted by Crippen LogP contribution is -2.56. The van der Waals surface area contributed by atoms with Crippen LogP contribution in [0.3, 0.4) is 0 Å². The van der Waals surface area contributed by atoms with Crippen LogP contribution in [0.2, 0.25) is 0 Å². The summed E-state index contributed by atoms with van der Waals surface area (Å²) in [6.45, 7) is 9.99. The molecule has 0 unspecified atom stereocenters. The SMILES string of the molecule is CC1=C(CC[C@]2(C)[C@H]3CCC(C=O)=C[C@H]3[C@@H]2C2=CC(=O)OC2)C(C)(C)CCC1. The maximum atomic E-state index is 11.7. The van der Waals surface area contributed by atoms with Gasteiger partial charge in [0, 0.05) is 6.08 Å². The van der Waals surface area contributed by atoms with Gasteiger partial charge in [-0.25, -0.2) is 4.79 Å². The zero-order chi connectivity index (χ0) is 20.1. The van der Waals surface area contributed by atoms with E-state index in [9.17, 15) is 9.59 Å². The highest BCUT2D eigenvalue weighted by atomic mass is 16.5. The molecule has 4 atom stereocenters. The molecule has 4 rings (SSSR count). The lowest BCUT2D eigenvalue weighted by molar-refractivity contribution is -0.135. The first-order valence-electron chi connectivity index (χ1n) is 11.0. The number of carbonyl (C=O) groups is 2. The van der Waals surface area contributed by atoms with Gasteiger partial charge in [-0.3, -0.25) is 4.79 Å². The summed E-state index contributed by atoms with van der Waals surface area (Å²) >= 11 is 0. The van der Waals surface area contributed by atoms with E-state index in [1.54, 1.807) is 17.2 Å². The number of hydrogen-bond acceptors (Lipinski definition) is 3. The van der Waals surface area contributed by atoms with E-state index in [0.29, 0.717) is 29.8 Å². The summed E-state index contributed by atoms with van der Waals surface area (Å²) in [5, 5.41) is 0. The van der Waals surface area contributed by atoms with Crippen LogP contribution in [0, 0.1) is 28.6 Å². The van der Waals surface area contributed by atoms with E-state index in [4.69, 9.17) is 4.74 Å². The van der Waals surface area contributed by atoms with Crippen LogP contribution in [0.1, 0.15) is 72.6 Å². The van der Waals surface area contributed by atoms with Gasteiger partial charge in [0.15, 0.2) is 0 Å². The number of cyclic esters (lactones) is 1. The van der Waals surface area contributed by atoms with Gasteiger partial charge in [0.2, 0.25) is 0 Å². The van der Waals surface area contributed by atoms with Crippen molar-refractivity contribution in [2.75, 3.05) is 6.61 Å². The predicted octanol–water partition coefficient (Wildman–Crippen LogP) is 5.56. The molecular weight excluding hydrogens is 348 g/mol. The van der Waals surface area contributed by atoms with Crippen molar-refractivity contribution in [3.8, 4) is 0 Å². The minimum Gasteiger partial charge on any atom is -0.458 e. The molecular formula is C25H34O3. The summed E-state index contributed by atoms with van der Waals surface area (Å²) in [6, 6.07) is 0. The third kappa shape index (κ3) is 3.11. The fourth-order valence-corrected chi connectivity index (χ4v) is 6.91. The summed E-state index contributed by atoms with van der Waals surface area (Å²) < 4.78 is 5.26.